The van der Waals surface area contributed by atoms with Gasteiger partial charge in [-0.25, -0.2) is 4.79 Å². The zero-order chi connectivity index (χ0) is 21.0. The molecule has 2 aromatic rings. The smallest absolute Gasteiger partial charge is 0.328 e. The van der Waals surface area contributed by atoms with E-state index in [1.54, 1.807) is 11.0 Å². The van der Waals surface area contributed by atoms with Gasteiger partial charge in [0.15, 0.2) is 0 Å². The summed E-state index contributed by atoms with van der Waals surface area (Å²) in [4.78, 5) is 39.9. The van der Waals surface area contributed by atoms with Gasteiger partial charge in [-0.1, -0.05) is 62.4 Å². The molecule has 1 N–H and O–H groups in total. The van der Waals surface area contributed by atoms with Crippen molar-refractivity contribution in [1.82, 2.24) is 10.2 Å². The van der Waals surface area contributed by atoms with Gasteiger partial charge in [-0.2, -0.15) is 0 Å². The molecule has 2 aromatic carbocycles. The van der Waals surface area contributed by atoms with Crippen molar-refractivity contribution >= 4 is 17.8 Å². The third-order valence-corrected chi connectivity index (χ3v) is 5.17. The summed E-state index contributed by atoms with van der Waals surface area (Å²) in [7, 11) is 1.30. The number of esters is 1. The molecule has 0 aromatic heterocycles. The SMILES string of the molecule is COC(=O)C(Cc1ccccc1)NC(=O)C(C(C)C)N1Cc2ccccc2C1=O. The summed E-state index contributed by atoms with van der Waals surface area (Å²) in [6.07, 6.45) is 0.318. The fourth-order valence-electron chi connectivity index (χ4n) is 3.75. The van der Waals surface area contributed by atoms with Crippen LogP contribution in [0.15, 0.2) is 54.6 Å². The van der Waals surface area contributed by atoms with E-state index >= 15 is 0 Å². The van der Waals surface area contributed by atoms with Crippen LogP contribution in [0.3, 0.4) is 0 Å². The predicted octanol–water partition coefficient (Wildman–Crippen LogP) is 2.57. The van der Waals surface area contributed by atoms with E-state index < -0.39 is 18.1 Å². The van der Waals surface area contributed by atoms with Gasteiger partial charge in [0.05, 0.1) is 7.11 Å². The first-order valence-electron chi connectivity index (χ1n) is 9.73. The van der Waals surface area contributed by atoms with Crippen molar-refractivity contribution in [1.29, 1.82) is 0 Å². The molecule has 0 aliphatic carbocycles. The second kappa shape index (κ2) is 8.90. The number of carbonyl (C=O) groups is 3. The number of nitrogens with zero attached hydrogens (tertiary/aromatic N) is 1. The average molecular weight is 394 g/mol. The molecule has 6 heteroatoms. The number of hydrogen-bond donors (Lipinski definition) is 1. The van der Waals surface area contributed by atoms with E-state index in [0.29, 0.717) is 18.5 Å². The maximum Gasteiger partial charge on any atom is 0.328 e. The van der Waals surface area contributed by atoms with E-state index in [-0.39, 0.29) is 17.7 Å². The Labute approximate surface area is 170 Å². The Morgan fingerprint density at radius 1 is 1.07 bits per heavy atom. The van der Waals surface area contributed by atoms with E-state index in [1.165, 1.54) is 7.11 Å². The van der Waals surface area contributed by atoms with E-state index in [0.717, 1.165) is 11.1 Å². The van der Waals surface area contributed by atoms with Gasteiger partial charge >= 0.3 is 5.97 Å². The minimum absolute atomic E-state index is 0.122. The van der Waals surface area contributed by atoms with Gasteiger partial charge < -0.3 is 15.0 Å². The molecule has 2 unspecified atom stereocenters. The number of ether oxygens (including phenoxy) is 1. The monoisotopic (exact) mass is 394 g/mol. The van der Waals surface area contributed by atoms with Crippen LogP contribution in [-0.4, -0.2) is 41.9 Å². The lowest BCUT2D eigenvalue weighted by molar-refractivity contribution is -0.145. The lowest BCUT2D eigenvalue weighted by Gasteiger charge is -2.31. The molecule has 0 saturated heterocycles. The topological polar surface area (TPSA) is 75.7 Å². The van der Waals surface area contributed by atoms with Gasteiger partial charge in [0.2, 0.25) is 5.91 Å². The molecule has 6 nitrogen and oxygen atoms in total. The highest BCUT2D eigenvalue weighted by Crippen LogP contribution is 2.27. The number of rotatable bonds is 7. The summed E-state index contributed by atoms with van der Waals surface area (Å²) in [5, 5.41) is 2.81. The van der Waals surface area contributed by atoms with Gasteiger partial charge in [0.1, 0.15) is 12.1 Å². The van der Waals surface area contributed by atoms with Gasteiger partial charge in [-0.05, 0) is 23.1 Å². The van der Waals surface area contributed by atoms with Crippen molar-refractivity contribution in [2.45, 2.75) is 38.9 Å². The number of fused-ring (bicyclic) bond motifs is 1. The first kappa shape index (κ1) is 20.6. The Kier molecular flexibility index (Phi) is 6.32. The number of nitrogens with one attached hydrogen (secondary N) is 1. The van der Waals surface area contributed by atoms with Gasteiger partial charge in [-0.15, -0.1) is 0 Å². The van der Waals surface area contributed by atoms with Crippen LogP contribution in [0.2, 0.25) is 0 Å². The molecule has 2 atom stereocenters. The molecule has 152 valence electrons. The fraction of sp³-hybridized carbons (Fsp3) is 0.348. The lowest BCUT2D eigenvalue weighted by atomic mass is 10.00. The Bertz CT molecular complexity index is 895. The molecule has 29 heavy (non-hydrogen) atoms. The minimum atomic E-state index is -0.823. The van der Waals surface area contributed by atoms with Crippen LogP contribution in [-0.2, 0) is 27.3 Å². The highest BCUT2D eigenvalue weighted by atomic mass is 16.5. The summed E-state index contributed by atoms with van der Waals surface area (Å²) in [5.74, 6) is -1.15. The molecule has 1 heterocycles. The van der Waals surface area contributed by atoms with Gasteiger partial charge in [0.25, 0.3) is 5.91 Å². The number of carbonyl (C=O) groups excluding carboxylic acids is 3. The summed E-state index contributed by atoms with van der Waals surface area (Å²) in [6, 6.07) is 15.3. The van der Waals surface area contributed by atoms with Crippen molar-refractivity contribution in [3.05, 3.63) is 71.3 Å². The van der Waals surface area contributed by atoms with Gasteiger partial charge in [-0.3, -0.25) is 9.59 Å². The lowest BCUT2D eigenvalue weighted by Crippen LogP contribution is -2.54. The molecule has 3 rings (SSSR count). The van der Waals surface area contributed by atoms with Crippen molar-refractivity contribution < 1.29 is 19.1 Å². The number of methoxy groups -OCH3 is 1. The first-order valence-corrected chi connectivity index (χ1v) is 9.73. The molecule has 0 bridgehead atoms. The second-order valence-electron chi connectivity index (χ2n) is 7.55. The van der Waals surface area contributed by atoms with E-state index in [1.807, 2.05) is 62.4 Å². The highest BCUT2D eigenvalue weighted by Gasteiger charge is 2.39. The van der Waals surface area contributed by atoms with Crippen molar-refractivity contribution in [3.63, 3.8) is 0 Å². The Morgan fingerprint density at radius 2 is 1.72 bits per heavy atom. The predicted molar refractivity (Wildman–Crippen MR) is 109 cm³/mol. The molecule has 1 aliphatic rings. The maximum atomic E-state index is 13.2. The molecular formula is C23H26N2O4. The standard InChI is InChI=1S/C23H26N2O4/c1-15(2)20(25-14-17-11-7-8-12-18(17)22(25)27)21(26)24-19(23(28)29-3)13-16-9-5-4-6-10-16/h4-12,15,19-20H,13-14H2,1-3H3,(H,24,26). The van der Waals surface area contributed by atoms with Crippen LogP contribution >= 0.6 is 0 Å². The Morgan fingerprint density at radius 3 is 2.34 bits per heavy atom. The van der Waals surface area contributed by atoms with Crippen LogP contribution in [0, 0.1) is 5.92 Å². The molecule has 0 spiro atoms. The normalized spacial score (nSPS) is 15.0. The number of hydrogen-bond acceptors (Lipinski definition) is 4. The van der Waals surface area contributed by atoms with Crippen molar-refractivity contribution in [2.24, 2.45) is 5.92 Å². The number of amides is 2. The van der Waals surface area contributed by atoms with Crippen LogP contribution < -0.4 is 5.32 Å². The van der Waals surface area contributed by atoms with Gasteiger partial charge in [0, 0.05) is 18.5 Å². The molecule has 0 saturated carbocycles. The third kappa shape index (κ3) is 4.47. The van der Waals surface area contributed by atoms with Crippen LogP contribution in [0.1, 0.15) is 35.3 Å². The molecule has 2 amide bonds. The van der Waals surface area contributed by atoms with E-state index in [2.05, 4.69) is 5.32 Å². The summed E-state index contributed by atoms with van der Waals surface area (Å²) >= 11 is 0. The minimum Gasteiger partial charge on any atom is -0.467 e. The molecule has 0 fully saturated rings. The number of benzene rings is 2. The third-order valence-electron chi connectivity index (χ3n) is 5.17. The maximum absolute atomic E-state index is 13.2. The zero-order valence-electron chi connectivity index (χ0n) is 16.9. The largest absolute Gasteiger partial charge is 0.467 e. The summed E-state index contributed by atoms with van der Waals surface area (Å²) in [5.41, 5.74) is 2.44. The quantitative estimate of drug-likeness (QED) is 0.733. The van der Waals surface area contributed by atoms with E-state index in [9.17, 15) is 14.4 Å². The molecule has 0 radical (unpaired) electrons. The van der Waals surface area contributed by atoms with E-state index in [4.69, 9.17) is 4.74 Å². The zero-order valence-corrected chi connectivity index (χ0v) is 16.9. The first-order chi connectivity index (χ1) is 13.9. The van der Waals surface area contributed by atoms with Crippen molar-refractivity contribution in [2.75, 3.05) is 7.11 Å². The van der Waals surface area contributed by atoms with Crippen LogP contribution in [0.4, 0.5) is 0 Å². The summed E-state index contributed by atoms with van der Waals surface area (Å²) in [6.45, 7) is 4.17. The van der Waals surface area contributed by atoms with Crippen molar-refractivity contribution in [3.8, 4) is 0 Å². The molecule has 1 aliphatic heterocycles. The second-order valence-corrected chi connectivity index (χ2v) is 7.55. The average Bonchev–Trinajstić information content (AvgIpc) is 3.04. The van der Waals surface area contributed by atoms with Crippen LogP contribution in [0.25, 0.3) is 0 Å². The Hall–Kier alpha value is -3.15. The summed E-state index contributed by atoms with van der Waals surface area (Å²) < 4.78 is 4.89. The van der Waals surface area contributed by atoms with Crippen LogP contribution in [0.5, 0.6) is 0 Å². The fourth-order valence-corrected chi connectivity index (χ4v) is 3.75. The Balaban J connectivity index is 1.79. The molecular weight excluding hydrogens is 368 g/mol. The highest BCUT2D eigenvalue weighted by molar-refractivity contribution is 6.01.